The van der Waals surface area contributed by atoms with Crippen molar-refractivity contribution in [1.29, 1.82) is 0 Å². The van der Waals surface area contributed by atoms with Crippen molar-refractivity contribution in [3.05, 3.63) is 47.8 Å². The lowest BCUT2D eigenvalue weighted by atomic mass is 9.84. The van der Waals surface area contributed by atoms with E-state index in [4.69, 9.17) is 0 Å². The summed E-state index contributed by atoms with van der Waals surface area (Å²) in [5, 5.41) is 0. The Morgan fingerprint density at radius 1 is 1.27 bits per heavy atom. The molecular weight excluding hydrogens is 353 g/mol. The Kier molecular flexibility index (Phi) is 4.61. The van der Waals surface area contributed by atoms with Gasteiger partial charge in [-0.25, -0.2) is 17.8 Å². The van der Waals surface area contributed by atoms with Crippen LogP contribution in [0.1, 0.15) is 43.1 Å². The number of rotatable bonds is 5. The molecule has 2 heterocycles. The van der Waals surface area contributed by atoms with Crippen LogP contribution < -0.4 is 0 Å². The van der Waals surface area contributed by atoms with Crippen molar-refractivity contribution in [3.8, 4) is 0 Å². The lowest BCUT2D eigenvalue weighted by molar-refractivity contribution is 0.364. The lowest BCUT2D eigenvalue weighted by Gasteiger charge is -2.27. The van der Waals surface area contributed by atoms with Crippen LogP contribution in [0.4, 0.5) is 4.39 Å². The average Bonchev–Trinajstić information content (AvgIpc) is 3.16. The van der Waals surface area contributed by atoms with Crippen molar-refractivity contribution >= 4 is 10.0 Å². The summed E-state index contributed by atoms with van der Waals surface area (Å²) in [6.45, 7) is 3.81. The summed E-state index contributed by atoms with van der Waals surface area (Å²) >= 11 is 0. The van der Waals surface area contributed by atoms with Crippen LogP contribution in [-0.4, -0.2) is 35.4 Å². The van der Waals surface area contributed by atoms with Crippen LogP contribution >= 0.6 is 0 Å². The van der Waals surface area contributed by atoms with Gasteiger partial charge >= 0.3 is 0 Å². The highest BCUT2D eigenvalue weighted by molar-refractivity contribution is 7.89. The predicted molar refractivity (Wildman–Crippen MR) is 96.8 cm³/mol. The SMILES string of the molecule is Cc1cnc(C2CCC2)n1CC1CCN(S(=O)(=O)c2cccc(F)c2)C1. The number of benzene rings is 1. The Morgan fingerprint density at radius 3 is 2.77 bits per heavy atom. The topological polar surface area (TPSA) is 55.2 Å². The largest absolute Gasteiger partial charge is 0.332 e. The molecule has 0 radical (unpaired) electrons. The molecule has 7 heteroatoms. The van der Waals surface area contributed by atoms with Gasteiger partial charge in [-0.2, -0.15) is 4.31 Å². The monoisotopic (exact) mass is 377 g/mol. The van der Waals surface area contributed by atoms with Gasteiger partial charge in [0.25, 0.3) is 0 Å². The molecule has 4 rings (SSSR count). The zero-order valence-electron chi connectivity index (χ0n) is 14.9. The second-order valence-corrected chi connectivity index (χ2v) is 9.41. The maximum Gasteiger partial charge on any atom is 0.243 e. The fourth-order valence-electron chi connectivity index (χ4n) is 3.91. The highest BCUT2D eigenvalue weighted by atomic mass is 32.2. The first kappa shape index (κ1) is 17.7. The molecule has 1 saturated carbocycles. The fraction of sp³-hybridized carbons (Fsp3) is 0.526. The first-order chi connectivity index (χ1) is 12.4. The Hall–Kier alpha value is -1.73. The molecule has 2 aliphatic rings. The minimum Gasteiger partial charge on any atom is -0.332 e. The highest BCUT2D eigenvalue weighted by Crippen LogP contribution is 2.36. The number of hydrogen-bond donors (Lipinski definition) is 0. The van der Waals surface area contributed by atoms with Crippen molar-refractivity contribution < 1.29 is 12.8 Å². The Labute approximate surface area is 153 Å². The molecule has 26 heavy (non-hydrogen) atoms. The molecule has 1 aliphatic carbocycles. The molecule has 0 N–H and O–H groups in total. The number of sulfonamides is 1. The molecule has 140 valence electrons. The molecule has 1 unspecified atom stereocenters. The van der Waals surface area contributed by atoms with Crippen LogP contribution in [0.3, 0.4) is 0 Å². The summed E-state index contributed by atoms with van der Waals surface area (Å²) in [4.78, 5) is 4.63. The summed E-state index contributed by atoms with van der Waals surface area (Å²) in [7, 11) is -3.63. The number of nitrogens with zero attached hydrogens (tertiary/aromatic N) is 3. The standard InChI is InChI=1S/C19H24FN3O2S/c1-14-11-21-19(16-4-2-5-16)23(14)13-15-8-9-22(12-15)26(24,25)18-7-3-6-17(20)10-18/h3,6-7,10-11,15-16H,2,4-5,8-9,12-13H2,1H3. The summed E-state index contributed by atoms with van der Waals surface area (Å²) in [5.41, 5.74) is 1.14. The Balaban J connectivity index is 1.48. The zero-order chi connectivity index (χ0) is 18.3. The van der Waals surface area contributed by atoms with E-state index in [1.54, 1.807) is 0 Å². The lowest BCUT2D eigenvalue weighted by Crippen LogP contribution is -2.29. The molecule has 0 bridgehead atoms. The third-order valence-electron chi connectivity index (χ3n) is 5.68. The van der Waals surface area contributed by atoms with E-state index in [2.05, 4.69) is 16.5 Å². The second kappa shape index (κ2) is 6.78. The zero-order valence-corrected chi connectivity index (χ0v) is 15.8. The molecule has 0 spiro atoms. The number of imidazole rings is 1. The average molecular weight is 377 g/mol. The number of hydrogen-bond acceptors (Lipinski definition) is 3. The molecule has 0 amide bonds. The van der Waals surface area contributed by atoms with Crippen LogP contribution in [-0.2, 0) is 16.6 Å². The van der Waals surface area contributed by atoms with Crippen molar-refractivity contribution in [1.82, 2.24) is 13.9 Å². The maximum absolute atomic E-state index is 13.4. The van der Waals surface area contributed by atoms with Gasteiger partial charge in [0.15, 0.2) is 0 Å². The van der Waals surface area contributed by atoms with Gasteiger partial charge in [-0.15, -0.1) is 0 Å². The Bertz CT molecular complexity index is 905. The van der Waals surface area contributed by atoms with Crippen LogP contribution in [0.15, 0.2) is 35.4 Å². The van der Waals surface area contributed by atoms with Gasteiger partial charge in [0.05, 0.1) is 4.90 Å². The first-order valence-corrected chi connectivity index (χ1v) is 10.7. The summed E-state index contributed by atoms with van der Waals surface area (Å²) in [5.74, 6) is 1.43. The van der Waals surface area contributed by atoms with Gasteiger partial charge in [-0.3, -0.25) is 0 Å². The van der Waals surface area contributed by atoms with E-state index in [1.807, 2.05) is 6.20 Å². The van der Waals surface area contributed by atoms with Crippen LogP contribution in [0.5, 0.6) is 0 Å². The van der Waals surface area contributed by atoms with Gasteiger partial charge in [0.2, 0.25) is 10.0 Å². The van der Waals surface area contributed by atoms with Crippen LogP contribution in [0.2, 0.25) is 0 Å². The van der Waals surface area contributed by atoms with E-state index < -0.39 is 15.8 Å². The predicted octanol–water partition coefficient (Wildman–Crippen LogP) is 3.31. The normalized spacial score (nSPS) is 21.8. The highest BCUT2D eigenvalue weighted by Gasteiger charge is 2.34. The summed E-state index contributed by atoms with van der Waals surface area (Å²) in [6.07, 6.45) is 6.39. The number of aromatic nitrogens is 2. The van der Waals surface area contributed by atoms with Gasteiger partial charge in [-0.1, -0.05) is 12.5 Å². The van der Waals surface area contributed by atoms with Crippen molar-refractivity contribution in [2.45, 2.75) is 50.0 Å². The summed E-state index contributed by atoms with van der Waals surface area (Å²) in [6, 6.07) is 5.25. The van der Waals surface area contributed by atoms with E-state index in [0.29, 0.717) is 19.0 Å². The van der Waals surface area contributed by atoms with E-state index in [1.165, 1.54) is 41.8 Å². The third-order valence-corrected chi connectivity index (χ3v) is 7.54. The van der Waals surface area contributed by atoms with Gasteiger partial charge in [0.1, 0.15) is 11.6 Å². The minimum atomic E-state index is -3.63. The molecule has 1 aromatic heterocycles. The number of aryl methyl sites for hydroxylation is 1. The quantitative estimate of drug-likeness (QED) is 0.803. The second-order valence-electron chi connectivity index (χ2n) is 7.47. The molecule has 2 fully saturated rings. The van der Waals surface area contributed by atoms with Crippen molar-refractivity contribution in [3.63, 3.8) is 0 Å². The van der Waals surface area contributed by atoms with Gasteiger partial charge < -0.3 is 4.57 Å². The van der Waals surface area contributed by atoms with E-state index in [0.717, 1.165) is 30.6 Å². The van der Waals surface area contributed by atoms with E-state index in [-0.39, 0.29) is 10.8 Å². The van der Waals surface area contributed by atoms with Crippen molar-refractivity contribution in [2.24, 2.45) is 5.92 Å². The summed E-state index contributed by atoms with van der Waals surface area (Å²) < 4.78 is 42.7. The molecule has 1 atom stereocenters. The van der Waals surface area contributed by atoms with Gasteiger partial charge in [-0.05, 0) is 50.3 Å². The first-order valence-electron chi connectivity index (χ1n) is 9.23. The molecule has 1 aromatic carbocycles. The van der Waals surface area contributed by atoms with Gasteiger partial charge in [0, 0.05) is 37.4 Å². The fourth-order valence-corrected chi connectivity index (χ4v) is 5.47. The van der Waals surface area contributed by atoms with Crippen molar-refractivity contribution in [2.75, 3.05) is 13.1 Å². The molecular formula is C19H24FN3O2S. The third kappa shape index (κ3) is 3.18. The van der Waals surface area contributed by atoms with E-state index >= 15 is 0 Å². The van der Waals surface area contributed by atoms with Crippen LogP contribution in [0, 0.1) is 18.7 Å². The minimum absolute atomic E-state index is 0.0344. The molecule has 2 aromatic rings. The van der Waals surface area contributed by atoms with Crippen LogP contribution in [0.25, 0.3) is 0 Å². The molecule has 1 saturated heterocycles. The van der Waals surface area contributed by atoms with E-state index in [9.17, 15) is 12.8 Å². The molecule has 5 nitrogen and oxygen atoms in total. The molecule has 1 aliphatic heterocycles. The smallest absolute Gasteiger partial charge is 0.243 e. The maximum atomic E-state index is 13.4. The Morgan fingerprint density at radius 2 is 2.08 bits per heavy atom. The number of halogens is 1.